The van der Waals surface area contributed by atoms with Crippen molar-refractivity contribution < 1.29 is 5.11 Å². The summed E-state index contributed by atoms with van der Waals surface area (Å²) in [6.45, 7) is 2.83. The molecule has 0 atom stereocenters. The van der Waals surface area contributed by atoms with E-state index in [4.69, 9.17) is 5.11 Å². The van der Waals surface area contributed by atoms with Crippen LogP contribution in [-0.4, -0.2) is 14.9 Å². The molecule has 3 heteroatoms. The van der Waals surface area contributed by atoms with Gasteiger partial charge in [-0.2, -0.15) is 5.10 Å². The van der Waals surface area contributed by atoms with Gasteiger partial charge in [-0.15, -0.1) is 0 Å². The van der Waals surface area contributed by atoms with E-state index in [1.54, 1.807) is 16.9 Å². The molecule has 1 aromatic heterocycles. The van der Waals surface area contributed by atoms with Gasteiger partial charge in [-0.3, -0.25) is 0 Å². The minimum Gasteiger partial charge on any atom is -0.493 e. The Balaban J connectivity index is 2.69. The molecule has 0 spiro atoms. The highest BCUT2D eigenvalue weighted by atomic mass is 16.3. The van der Waals surface area contributed by atoms with Crippen molar-refractivity contribution in [2.24, 2.45) is 0 Å². The van der Waals surface area contributed by atoms with E-state index in [1.165, 1.54) is 0 Å². The quantitative estimate of drug-likeness (QED) is 0.642. The molecule has 50 valence electrons. The van der Waals surface area contributed by atoms with Crippen LogP contribution in [0, 0.1) is 0 Å². The van der Waals surface area contributed by atoms with E-state index >= 15 is 0 Å². The van der Waals surface area contributed by atoms with Gasteiger partial charge in [-0.05, 0) is 6.42 Å². The van der Waals surface area contributed by atoms with E-state index in [2.05, 4.69) is 5.10 Å². The third-order valence-corrected chi connectivity index (χ3v) is 1.13. The van der Waals surface area contributed by atoms with Gasteiger partial charge in [0.25, 0.3) is 0 Å². The molecule has 0 saturated carbocycles. The highest BCUT2D eigenvalue weighted by Crippen LogP contribution is 2.05. The normalized spacial score (nSPS) is 9.89. The topological polar surface area (TPSA) is 38.0 Å². The van der Waals surface area contributed by atoms with Gasteiger partial charge in [-0.25, -0.2) is 4.68 Å². The summed E-state index contributed by atoms with van der Waals surface area (Å²) in [5.41, 5.74) is 0. The number of nitrogens with zero attached hydrogens (tertiary/aromatic N) is 2. The van der Waals surface area contributed by atoms with E-state index in [0.29, 0.717) is 0 Å². The molecule has 9 heavy (non-hydrogen) atoms. The lowest BCUT2D eigenvalue weighted by Crippen LogP contribution is -1.96. The molecule has 0 aromatic carbocycles. The largest absolute Gasteiger partial charge is 0.493 e. The van der Waals surface area contributed by atoms with Gasteiger partial charge in [0.15, 0.2) is 0 Å². The maximum atomic E-state index is 8.98. The maximum absolute atomic E-state index is 8.98. The Morgan fingerprint density at radius 1 is 1.78 bits per heavy atom. The van der Waals surface area contributed by atoms with Crippen molar-refractivity contribution in [1.29, 1.82) is 0 Å². The number of hydrogen-bond donors (Lipinski definition) is 1. The van der Waals surface area contributed by atoms with Crippen LogP contribution in [0.4, 0.5) is 0 Å². The molecule has 1 aromatic rings. The molecule has 0 amide bonds. The molecule has 1 heterocycles. The number of aromatic hydroxyl groups is 1. The lowest BCUT2D eigenvalue weighted by molar-refractivity contribution is 0.397. The Bertz CT molecular complexity index is 183. The van der Waals surface area contributed by atoms with E-state index in [0.717, 1.165) is 13.0 Å². The molecule has 0 aliphatic carbocycles. The Morgan fingerprint density at radius 3 is 3.00 bits per heavy atom. The van der Waals surface area contributed by atoms with Crippen LogP contribution in [0.25, 0.3) is 0 Å². The van der Waals surface area contributed by atoms with Crippen molar-refractivity contribution in [3.63, 3.8) is 0 Å². The third-order valence-electron chi connectivity index (χ3n) is 1.13. The summed E-state index contributed by atoms with van der Waals surface area (Å²) in [6, 6.07) is 1.58. The molecule has 3 nitrogen and oxygen atoms in total. The summed E-state index contributed by atoms with van der Waals surface area (Å²) in [5, 5.41) is 12.9. The summed E-state index contributed by atoms with van der Waals surface area (Å²) < 4.78 is 1.57. The van der Waals surface area contributed by atoms with E-state index < -0.39 is 0 Å². The van der Waals surface area contributed by atoms with Crippen LogP contribution in [0.15, 0.2) is 12.3 Å². The Morgan fingerprint density at radius 2 is 2.56 bits per heavy atom. The predicted molar refractivity (Wildman–Crippen MR) is 34.2 cm³/mol. The van der Waals surface area contributed by atoms with Crippen molar-refractivity contribution in [1.82, 2.24) is 9.78 Å². The molecular formula is C6H10N2O. The summed E-state index contributed by atoms with van der Waals surface area (Å²) in [5.74, 6) is 0.247. The summed E-state index contributed by atoms with van der Waals surface area (Å²) in [6.07, 6.45) is 2.58. The second-order valence-electron chi connectivity index (χ2n) is 1.91. The predicted octanol–water partition coefficient (Wildman–Crippen LogP) is 0.999. The molecule has 0 aliphatic rings. The standard InChI is InChI=1S/C6H10N2O/c1-2-5-8-6(9)3-4-7-8/h3-4,9H,2,5H2,1H3. The number of rotatable bonds is 2. The Hall–Kier alpha value is -0.990. The third kappa shape index (κ3) is 1.22. The second kappa shape index (κ2) is 2.53. The molecule has 1 N–H and O–H groups in total. The molecule has 0 saturated heterocycles. The van der Waals surface area contributed by atoms with Crippen LogP contribution in [0.1, 0.15) is 13.3 Å². The van der Waals surface area contributed by atoms with Crippen LogP contribution >= 0.6 is 0 Å². The van der Waals surface area contributed by atoms with Crippen LogP contribution in [0.5, 0.6) is 5.88 Å². The van der Waals surface area contributed by atoms with Gasteiger partial charge in [0.1, 0.15) is 0 Å². The first-order valence-electron chi connectivity index (χ1n) is 3.05. The minimum absolute atomic E-state index is 0.247. The average Bonchev–Trinajstić information content (AvgIpc) is 2.18. The molecule has 0 bridgehead atoms. The van der Waals surface area contributed by atoms with E-state index in [-0.39, 0.29) is 5.88 Å². The average molecular weight is 126 g/mol. The Kier molecular flexibility index (Phi) is 1.72. The van der Waals surface area contributed by atoms with Crippen LogP contribution in [0.3, 0.4) is 0 Å². The van der Waals surface area contributed by atoms with Gasteiger partial charge < -0.3 is 5.11 Å². The van der Waals surface area contributed by atoms with Crippen LogP contribution in [0.2, 0.25) is 0 Å². The Labute approximate surface area is 53.9 Å². The first-order valence-corrected chi connectivity index (χ1v) is 3.05. The first kappa shape index (κ1) is 6.13. The molecule has 0 radical (unpaired) electrons. The van der Waals surface area contributed by atoms with Gasteiger partial charge in [0.2, 0.25) is 5.88 Å². The summed E-state index contributed by atoms with van der Waals surface area (Å²) in [7, 11) is 0. The molecule has 1 rings (SSSR count). The fraction of sp³-hybridized carbons (Fsp3) is 0.500. The van der Waals surface area contributed by atoms with E-state index in [1.807, 2.05) is 6.92 Å². The molecule has 0 aliphatic heterocycles. The van der Waals surface area contributed by atoms with Crippen molar-refractivity contribution in [3.05, 3.63) is 12.3 Å². The van der Waals surface area contributed by atoms with Crippen LogP contribution in [-0.2, 0) is 6.54 Å². The lowest BCUT2D eigenvalue weighted by atomic mass is 10.5. The van der Waals surface area contributed by atoms with Gasteiger partial charge >= 0.3 is 0 Å². The summed E-state index contributed by atoms with van der Waals surface area (Å²) >= 11 is 0. The fourth-order valence-corrected chi connectivity index (χ4v) is 0.710. The van der Waals surface area contributed by atoms with Crippen molar-refractivity contribution in [3.8, 4) is 5.88 Å². The number of hydrogen-bond acceptors (Lipinski definition) is 2. The van der Waals surface area contributed by atoms with Crippen molar-refractivity contribution in [2.45, 2.75) is 19.9 Å². The molecular weight excluding hydrogens is 116 g/mol. The minimum atomic E-state index is 0.247. The van der Waals surface area contributed by atoms with Crippen molar-refractivity contribution >= 4 is 0 Å². The highest BCUT2D eigenvalue weighted by Gasteiger charge is 1.94. The zero-order valence-electron chi connectivity index (χ0n) is 5.41. The van der Waals surface area contributed by atoms with Gasteiger partial charge in [0, 0.05) is 12.6 Å². The van der Waals surface area contributed by atoms with Gasteiger partial charge in [-0.1, -0.05) is 6.92 Å². The first-order chi connectivity index (χ1) is 4.34. The molecule has 0 fully saturated rings. The number of aromatic nitrogens is 2. The highest BCUT2D eigenvalue weighted by molar-refractivity contribution is 5.04. The van der Waals surface area contributed by atoms with Crippen LogP contribution < -0.4 is 0 Å². The number of aryl methyl sites for hydroxylation is 1. The zero-order valence-corrected chi connectivity index (χ0v) is 5.41. The smallest absolute Gasteiger partial charge is 0.209 e. The van der Waals surface area contributed by atoms with Crippen molar-refractivity contribution in [2.75, 3.05) is 0 Å². The monoisotopic (exact) mass is 126 g/mol. The van der Waals surface area contributed by atoms with E-state index in [9.17, 15) is 0 Å². The lowest BCUT2D eigenvalue weighted by Gasteiger charge is -1.97. The molecule has 0 unspecified atom stereocenters. The fourth-order valence-electron chi connectivity index (χ4n) is 0.710. The second-order valence-corrected chi connectivity index (χ2v) is 1.91. The zero-order chi connectivity index (χ0) is 6.69. The maximum Gasteiger partial charge on any atom is 0.209 e. The SMILES string of the molecule is CCCn1nccc1O. The summed E-state index contributed by atoms with van der Waals surface area (Å²) in [4.78, 5) is 0. The van der Waals surface area contributed by atoms with Gasteiger partial charge in [0.05, 0.1) is 6.20 Å².